The Morgan fingerprint density at radius 1 is 1.42 bits per heavy atom. The molecule has 1 amide bonds. The number of Topliss-reactive ketones (excluding diaryl/α,β-unsaturated/α-hetero) is 1. The van der Waals surface area contributed by atoms with Crippen LogP contribution in [0.5, 0.6) is 0 Å². The number of nitriles is 1. The predicted octanol–water partition coefficient (Wildman–Crippen LogP) is 2.18. The minimum Gasteiger partial charge on any atom is -0.315 e. The van der Waals surface area contributed by atoms with E-state index in [9.17, 15) is 9.59 Å². The summed E-state index contributed by atoms with van der Waals surface area (Å²) in [5.74, 6) is -0.787. The van der Waals surface area contributed by atoms with Crippen molar-refractivity contribution in [3.63, 3.8) is 0 Å². The molecule has 1 heterocycles. The van der Waals surface area contributed by atoms with Crippen LogP contribution in [-0.2, 0) is 11.2 Å². The lowest BCUT2D eigenvalue weighted by atomic mass is 9.88. The molecule has 1 aliphatic rings. The number of nitrogens with zero attached hydrogens (tertiary/aromatic N) is 2. The number of hydrogen-bond donors (Lipinski definition) is 0. The zero-order valence-corrected chi connectivity index (χ0v) is 11.3. The zero-order chi connectivity index (χ0) is 14.2. The number of amides is 1. The zero-order valence-electron chi connectivity index (χ0n) is 11.3. The molecule has 0 bridgehead atoms. The van der Waals surface area contributed by atoms with Gasteiger partial charge in [0.25, 0.3) is 0 Å². The van der Waals surface area contributed by atoms with E-state index in [-0.39, 0.29) is 17.6 Å². The van der Waals surface area contributed by atoms with Crippen LogP contribution in [0.25, 0.3) is 0 Å². The van der Waals surface area contributed by atoms with Gasteiger partial charge in [0.2, 0.25) is 5.91 Å². The number of carbonyl (C=O) groups is 2. The Kier molecular flexibility index (Phi) is 3.39. The molecule has 1 atom stereocenters. The van der Waals surface area contributed by atoms with E-state index in [1.807, 2.05) is 13.8 Å². The minimum atomic E-state index is -0.632. The van der Waals surface area contributed by atoms with Gasteiger partial charge in [-0.15, -0.1) is 0 Å². The van der Waals surface area contributed by atoms with E-state index < -0.39 is 5.92 Å². The van der Waals surface area contributed by atoms with E-state index in [2.05, 4.69) is 6.07 Å². The van der Waals surface area contributed by atoms with Crippen molar-refractivity contribution in [2.45, 2.75) is 20.3 Å². The van der Waals surface area contributed by atoms with Crippen molar-refractivity contribution >= 4 is 17.4 Å². The highest BCUT2D eigenvalue weighted by atomic mass is 16.2. The summed E-state index contributed by atoms with van der Waals surface area (Å²) in [6.07, 6.45) is 0.325. The lowest BCUT2D eigenvalue weighted by molar-refractivity contribution is -0.117. The van der Waals surface area contributed by atoms with Crippen molar-refractivity contribution in [1.29, 1.82) is 5.26 Å². The smallest absolute Gasteiger partial charge is 0.231 e. The number of ketones is 1. The molecule has 98 valence electrons. The van der Waals surface area contributed by atoms with Crippen LogP contribution >= 0.6 is 0 Å². The van der Waals surface area contributed by atoms with Gasteiger partial charge in [-0.1, -0.05) is 13.8 Å². The van der Waals surface area contributed by atoms with Crippen LogP contribution in [0.2, 0.25) is 0 Å². The normalized spacial score (nSPS) is 15.3. The van der Waals surface area contributed by atoms with Crippen LogP contribution < -0.4 is 4.90 Å². The summed E-state index contributed by atoms with van der Waals surface area (Å²) < 4.78 is 0. The largest absolute Gasteiger partial charge is 0.315 e. The Morgan fingerprint density at radius 2 is 2.11 bits per heavy atom. The Morgan fingerprint density at radius 3 is 2.68 bits per heavy atom. The molecule has 0 saturated carbocycles. The third-order valence-corrected chi connectivity index (χ3v) is 3.53. The topological polar surface area (TPSA) is 61.2 Å². The SMILES string of the molecule is CC(C)C(C#N)C(=O)c1ccc2c(c1)CC(=O)N2C. The summed E-state index contributed by atoms with van der Waals surface area (Å²) in [5.41, 5.74) is 2.22. The molecule has 4 nitrogen and oxygen atoms in total. The second-order valence-electron chi connectivity index (χ2n) is 5.19. The van der Waals surface area contributed by atoms with Crippen LogP contribution in [0.1, 0.15) is 29.8 Å². The quantitative estimate of drug-likeness (QED) is 0.779. The van der Waals surface area contributed by atoms with Gasteiger partial charge in [0.1, 0.15) is 5.92 Å². The molecule has 1 aromatic rings. The number of hydrogen-bond acceptors (Lipinski definition) is 3. The van der Waals surface area contributed by atoms with Gasteiger partial charge in [-0.05, 0) is 29.7 Å². The Bertz CT molecular complexity index is 584. The molecular formula is C15H16N2O2. The highest BCUT2D eigenvalue weighted by Gasteiger charge is 2.27. The number of anilines is 1. The first-order valence-corrected chi connectivity index (χ1v) is 6.29. The molecular weight excluding hydrogens is 240 g/mol. The molecule has 2 rings (SSSR count). The molecule has 1 aromatic carbocycles. The fourth-order valence-corrected chi connectivity index (χ4v) is 2.31. The third kappa shape index (κ3) is 2.24. The van der Waals surface area contributed by atoms with E-state index in [4.69, 9.17) is 5.26 Å². The summed E-state index contributed by atoms with van der Waals surface area (Å²) >= 11 is 0. The van der Waals surface area contributed by atoms with Crippen LogP contribution in [0.15, 0.2) is 18.2 Å². The fourth-order valence-electron chi connectivity index (χ4n) is 2.31. The maximum absolute atomic E-state index is 12.3. The van der Waals surface area contributed by atoms with Gasteiger partial charge in [-0.2, -0.15) is 5.26 Å². The lowest BCUT2D eigenvalue weighted by Gasteiger charge is -2.13. The summed E-state index contributed by atoms with van der Waals surface area (Å²) in [6.45, 7) is 3.72. The highest BCUT2D eigenvalue weighted by Crippen LogP contribution is 2.29. The van der Waals surface area contributed by atoms with Crippen molar-refractivity contribution in [1.82, 2.24) is 0 Å². The van der Waals surface area contributed by atoms with Crippen LogP contribution in [0, 0.1) is 23.2 Å². The van der Waals surface area contributed by atoms with Gasteiger partial charge < -0.3 is 4.90 Å². The number of rotatable bonds is 3. The van der Waals surface area contributed by atoms with Crippen molar-refractivity contribution < 1.29 is 9.59 Å². The van der Waals surface area contributed by atoms with Gasteiger partial charge >= 0.3 is 0 Å². The maximum Gasteiger partial charge on any atom is 0.231 e. The molecule has 0 aliphatic carbocycles. The molecule has 0 radical (unpaired) electrons. The van der Waals surface area contributed by atoms with E-state index in [0.29, 0.717) is 12.0 Å². The predicted molar refractivity (Wildman–Crippen MR) is 71.8 cm³/mol. The van der Waals surface area contributed by atoms with Crippen molar-refractivity contribution in [3.05, 3.63) is 29.3 Å². The molecule has 0 aromatic heterocycles. The summed E-state index contributed by atoms with van der Waals surface area (Å²) in [7, 11) is 1.72. The van der Waals surface area contributed by atoms with Gasteiger partial charge in [-0.25, -0.2) is 0 Å². The van der Waals surface area contributed by atoms with Gasteiger partial charge in [0.15, 0.2) is 5.78 Å². The average molecular weight is 256 g/mol. The van der Waals surface area contributed by atoms with Gasteiger partial charge in [-0.3, -0.25) is 9.59 Å². The molecule has 0 N–H and O–H groups in total. The highest BCUT2D eigenvalue weighted by molar-refractivity contribution is 6.04. The first kappa shape index (κ1) is 13.3. The average Bonchev–Trinajstić information content (AvgIpc) is 2.65. The summed E-state index contributed by atoms with van der Waals surface area (Å²) in [4.78, 5) is 25.4. The second-order valence-corrected chi connectivity index (χ2v) is 5.19. The van der Waals surface area contributed by atoms with Crippen molar-refractivity contribution in [2.75, 3.05) is 11.9 Å². The maximum atomic E-state index is 12.3. The fraction of sp³-hybridized carbons (Fsp3) is 0.400. The van der Waals surface area contributed by atoms with E-state index >= 15 is 0 Å². The van der Waals surface area contributed by atoms with Gasteiger partial charge in [0.05, 0.1) is 12.5 Å². The van der Waals surface area contributed by atoms with Crippen molar-refractivity contribution in [2.24, 2.45) is 11.8 Å². The van der Waals surface area contributed by atoms with E-state index in [0.717, 1.165) is 11.3 Å². The molecule has 1 aliphatic heterocycles. The monoisotopic (exact) mass is 256 g/mol. The lowest BCUT2D eigenvalue weighted by Crippen LogP contribution is -2.20. The standard InChI is InChI=1S/C15H16N2O2/c1-9(2)12(8-16)15(19)10-4-5-13-11(6-10)7-14(18)17(13)3/h4-6,9,12H,7H2,1-3H3. The second kappa shape index (κ2) is 4.85. The summed E-state index contributed by atoms with van der Waals surface area (Å²) in [6, 6.07) is 7.28. The number of benzene rings is 1. The molecule has 0 spiro atoms. The first-order chi connectivity index (χ1) is 8.95. The molecule has 0 saturated heterocycles. The van der Waals surface area contributed by atoms with Crippen LogP contribution in [-0.4, -0.2) is 18.7 Å². The molecule has 1 unspecified atom stereocenters. The Labute approximate surface area is 112 Å². The number of likely N-dealkylation sites (N-methyl/N-ethyl adjacent to an activating group) is 1. The van der Waals surface area contributed by atoms with Crippen LogP contribution in [0.4, 0.5) is 5.69 Å². The van der Waals surface area contributed by atoms with Crippen molar-refractivity contribution in [3.8, 4) is 6.07 Å². The minimum absolute atomic E-state index is 0.0185. The number of fused-ring (bicyclic) bond motifs is 1. The van der Waals surface area contributed by atoms with E-state index in [1.165, 1.54) is 0 Å². The summed E-state index contributed by atoms with van der Waals surface area (Å²) in [5, 5.41) is 9.07. The van der Waals surface area contributed by atoms with Gasteiger partial charge in [0, 0.05) is 18.3 Å². The Balaban J connectivity index is 2.35. The molecule has 19 heavy (non-hydrogen) atoms. The van der Waals surface area contributed by atoms with Crippen LogP contribution in [0.3, 0.4) is 0 Å². The first-order valence-electron chi connectivity index (χ1n) is 6.29. The Hall–Kier alpha value is -2.15. The molecule has 0 fully saturated rings. The third-order valence-electron chi connectivity index (χ3n) is 3.53. The van der Waals surface area contributed by atoms with E-state index in [1.54, 1.807) is 30.1 Å². The molecule has 4 heteroatoms. The number of carbonyl (C=O) groups excluding carboxylic acids is 2.